The van der Waals surface area contributed by atoms with Gasteiger partial charge in [0, 0.05) is 36.0 Å². The van der Waals surface area contributed by atoms with E-state index in [4.69, 9.17) is 0 Å². The number of rotatable bonds is 5. The van der Waals surface area contributed by atoms with Crippen LogP contribution in [0.1, 0.15) is 27.7 Å². The Hall–Kier alpha value is -1.84. The summed E-state index contributed by atoms with van der Waals surface area (Å²) in [5.41, 5.74) is 1.24. The zero-order chi connectivity index (χ0) is 12.6. The van der Waals surface area contributed by atoms with E-state index < -0.39 is 0 Å². The Labute approximate surface area is 95.5 Å². The normalized spacial score (nSPS) is 13.8. The van der Waals surface area contributed by atoms with Crippen LogP contribution in [0.5, 0.6) is 0 Å². The maximum Gasteiger partial charge on any atom is 0.154 e. The first-order valence-electron chi connectivity index (χ1n) is 4.86. The molecule has 0 aromatic rings. The number of carbonyl (C=O) groups excluding carboxylic acids is 2. The zero-order valence-electron chi connectivity index (χ0n) is 10.0. The highest BCUT2D eigenvalue weighted by molar-refractivity contribution is 6.16. The van der Waals surface area contributed by atoms with Crippen LogP contribution in [0.2, 0.25) is 0 Å². The maximum absolute atomic E-state index is 10.7. The molecule has 0 aliphatic heterocycles. The lowest BCUT2D eigenvalue weighted by molar-refractivity contribution is -0.113. The number of hydrogen-bond acceptors (Lipinski definition) is 4. The Morgan fingerprint density at radius 3 is 1.31 bits per heavy atom. The highest BCUT2D eigenvalue weighted by atomic mass is 16.1. The summed E-state index contributed by atoms with van der Waals surface area (Å²) in [4.78, 5) is 29.3. The van der Waals surface area contributed by atoms with E-state index in [-0.39, 0.29) is 11.6 Å². The van der Waals surface area contributed by atoms with Crippen LogP contribution < -0.4 is 0 Å². The van der Waals surface area contributed by atoms with Gasteiger partial charge in [-0.25, -0.2) is 0 Å². The monoisotopic (exact) mass is 220 g/mol. The van der Waals surface area contributed by atoms with E-state index in [0.717, 1.165) is 0 Å². The minimum absolute atomic E-state index is 0.0424. The highest BCUT2D eigenvalue weighted by Crippen LogP contribution is 1.94. The molecule has 16 heavy (non-hydrogen) atoms. The molecule has 0 radical (unpaired) electrons. The predicted molar refractivity (Wildman–Crippen MR) is 65.9 cm³/mol. The van der Waals surface area contributed by atoms with E-state index in [9.17, 15) is 9.59 Å². The van der Waals surface area contributed by atoms with Crippen LogP contribution in [-0.2, 0) is 9.59 Å². The van der Waals surface area contributed by atoms with Gasteiger partial charge >= 0.3 is 0 Å². The Kier molecular flexibility index (Phi) is 6.59. The molecule has 0 fully saturated rings. The molecule has 0 saturated carbocycles. The van der Waals surface area contributed by atoms with Crippen molar-refractivity contribution in [3.8, 4) is 0 Å². The number of allylic oxidation sites excluding steroid dienone is 4. The third-order valence-electron chi connectivity index (χ3n) is 1.45. The second-order valence-electron chi connectivity index (χ2n) is 3.35. The molecule has 0 bridgehead atoms. The van der Waals surface area contributed by atoms with Crippen molar-refractivity contribution in [1.82, 2.24) is 0 Å². The van der Waals surface area contributed by atoms with Crippen molar-refractivity contribution in [2.75, 3.05) is 0 Å². The fourth-order valence-corrected chi connectivity index (χ4v) is 0.965. The molecule has 0 atom stereocenters. The Morgan fingerprint density at radius 1 is 0.750 bits per heavy atom. The van der Waals surface area contributed by atoms with Crippen LogP contribution in [0.3, 0.4) is 0 Å². The molecule has 0 spiro atoms. The second kappa shape index (κ2) is 7.45. The lowest BCUT2D eigenvalue weighted by Gasteiger charge is -1.89. The number of aliphatic imine (C=N–C) groups is 2. The third-order valence-corrected chi connectivity index (χ3v) is 1.45. The fraction of sp³-hybridized carbons (Fsp3) is 0.333. The van der Waals surface area contributed by atoms with Crippen molar-refractivity contribution in [3.05, 3.63) is 23.5 Å². The summed E-state index contributed by atoms with van der Waals surface area (Å²) in [6, 6.07) is 0. The first-order chi connectivity index (χ1) is 7.41. The smallest absolute Gasteiger partial charge is 0.154 e. The molecule has 0 saturated heterocycles. The number of carbonyl (C=O) groups is 2. The zero-order valence-corrected chi connectivity index (χ0v) is 10.0. The van der Waals surface area contributed by atoms with E-state index in [1.165, 1.54) is 38.4 Å². The lowest BCUT2D eigenvalue weighted by Crippen LogP contribution is -1.86. The summed E-state index contributed by atoms with van der Waals surface area (Å²) in [5, 5.41) is 0. The number of nitrogens with zero attached hydrogens (tertiary/aromatic N) is 2. The molecule has 0 aromatic carbocycles. The van der Waals surface area contributed by atoms with Gasteiger partial charge < -0.3 is 0 Å². The molecular weight excluding hydrogens is 204 g/mol. The van der Waals surface area contributed by atoms with E-state index >= 15 is 0 Å². The van der Waals surface area contributed by atoms with Crippen molar-refractivity contribution in [1.29, 1.82) is 0 Å². The van der Waals surface area contributed by atoms with Crippen molar-refractivity contribution in [2.45, 2.75) is 27.7 Å². The number of ketones is 2. The first-order valence-corrected chi connectivity index (χ1v) is 4.86. The topological polar surface area (TPSA) is 58.9 Å². The van der Waals surface area contributed by atoms with Crippen LogP contribution in [-0.4, -0.2) is 24.0 Å². The van der Waals surface area contributed by atoms with Crippen LogP contribution in [0.25, 0.3) is 0 Å². The molecule has 0 aromatic heterocycles. The van der Waals surface area contributed by atoms with Gasteiger partial charge in [0.15, 0.2) is 11.6 Å². The average Bonchev–Trinajstić information content (AvgIpc) is 2.10. The fourth-order valence-electron chi connectivity index (χ4n) is 0.965. The largest absolute Gasteiger partial charge is 0.295 e. The molecule has 0 amide bonds. The number of hydrogen-bond donors (Lipinski definition) is 0. The molecule has 0 heterocycles. The minimum atomic E-state index is -0.0424. The van der Waals surface area contributed by atoms with E-state index in [1.54, 1.807) is 13.8 Å². The Bertz CT molecular complexity index is 350. The van der Waals surface area contributed by atoms with Gasteiger partial charge in [0.05, 0.1) is 0 Å². The molecule has 0 N–H and O–H groups in total. The van der Waals surface area contributed by atoms with Gasteiger partial charge in [0.25, 0.3) is 0 Å². The van der Waals surface area contributed by atoms with Gasteiger partial charge in [0.1, 0.15) is 0 Å². The van der Waals surface area contributed by atoms with Crippen LogP contribution in [0.15, 0.2) is 33.5 Å². The molecule has 0 aliphatic rings. The summed E-state index contributed by atoms with van der Waals surface area (Å²) < 4.78 is 0. The molecule has 0 rings (SSSR count). The summed E-state index contributed by atoms with van der Waals surface area (Å²) in [7, 11) is 0. The summed E-state index contributed by atoms with van der Waals surface area (Å²) in [5.74, 6) is -0.0847. The van der Waals surface area contributed by atoms with Crippen LogP contribution >= 0.6 is 0 Å². The van der Waals surface area contributed by atoms with Gasteiger partial charge in [-0.3, -0.25) is 19.6 Å². The third kappa shape index (κ3) is 8.74. The maximum atomic E-state index is 10.7. The summed E-state index contributed by atoms with van der Waals surface area (Å²) in [6.07, 6.45) is 5.82. The average molecular weight is 220 g/mol. The highest BCUT2D eigenvalue weighted by Gasteiger charge is 1.87. The Balaban J connectivity index is 4.35. The van der Waals surface area contributed by atoms with Crippen molar-refractivity contribution >= 4 is 24.0 Å². The van der Waals surface area contributed by atoms with Gasteiger partial charge in [0.2, 0.25) is 0 Å². The van der Waals surface area contributed by atoms with Crippen LogP contribution in [0, 0.1) is 0 Å². The van der Waals surface area contributed by atoms with Gasteiger partial charge in [-0.1, -0.05) is 0 Å². The predicted octanol–water partition coefficient (Wildman–Crippen LogP) is 2.11. The molecule has 4 nitrogen and oxygen atoms in total. The van der Waals surface area contributed by atoms with Crippen molar-refractivity contribution in [2.24, 2.45) is 9.98 Å². The van der Waals surface area contributed by atoms with E-state index in [2.05, 4.69) is 9.98 Å². The van der Waals surface area contributed by atoms with Gasteiger partial charge in [-0.15, -0.1) is 0 Å². The van der Waals surface area contributed by atoms with Crippen molar-refractivity contribution < 1.29 is 9.59 Å². The molecular formula is C12H16N2O2. The summed E-state index contributed by atoms with van der Waals surface area (Å²) >= 11 is 0. The first kappa shape index (κ1) is 14.2. The van der Waals surface area contributed by atoms with E-state index in [1.807, 2.05) is 0 Å². The SMILES string of the molecule is CC(=O)C=C(C)N=CC=NC(C)=CC(C)=O. The molecule has 4 heteroatoms. The molecule has 0 unspecified atom stereocenters. The van der Waals surface area contributed by atoms with Gasteiger partial charge in [-0.05, 0) is 27.7 Å². The standard InChI is InChI=1S/C12H16N2O2/c1-9(7-11(3)15)13-5-6-14-10(2)8-12(4)16/h5-8H,1-4H3. The van der Waals surface area contributed by atoms with Crippen molar-refractivity contribution in [3.63, 3.8) is 0 Å². The van der Waals surface area contributed by atoms with Crippen LogP contribution in [0.4, 0.5) is 0 Å². The second-order valence-corrected chi connectivity index (χ2v) is 3.35. The quantitative estimate of drug-likeness (QED) is 0.526. The van der Waals surface area contributed by atoms with E-state index in [0.29, 0.717) is 11.4 Å². The minimum Gasteiger partial charge on any atom is -0.295 e. The summed E-state index contributed by atoms with van der Waals surface area (Å²) in [6.45, 7) is 6.38. The molecule has 86 valence electrons. The Morgan fingerprint density at radius 2 is 1.06 bits per heavy atom. The molecule has 0 aliphatic carbocycles. The van der Waals surface area contributed by atoms with Gasteiger partial charge in [-0.2, -0.15) is 0 Å². The lowest BCUT2D eigenvalue weighted by atomic mass is 10.3.